The first kappa shape index (κ1) is 15.5. The van der Waals surface area contributed by atoms with E-state index < -0.39 is 0 Å². The number of halogens is 1. The van der Waals surface area contributed by atoms with Gasteiger partial charge in [0.05, 0.1) is 23.2 Å². The fourth-order valence-corrected chi connectivity index (χ4v) is 3.22. The van der Waals surface area contributed by atoms with E-state index in [4.69, 9.17) is 20.8 Å². The number of fused-ring (bicyclic) bond motifs is 3. The number of methoxy groups -OCH3 is 1. The number of furan rings is 1. The molecular weight excluding hydrogens is 342 g/mol. The smallest absolute Gasteiger partial charge is 0.265 e. The largest absolute Gasteiger partial charge is 0.497 e. The van der Waals surface area contributed by atoms with Gasteiger partial charge in [0.15, 0.2) is 12.0 Å². The van der Waals surface area contributed by atoms with Crippen LogP contribution in [0.15, 0.2) is 57.7 Å². The van der Waals surface area contributed by atoms with E-state index in [1.807, 2.05) is 6.07 Å². The number of aldehydes is 1. The molecule has 0 bridgehead atoms. The summed E-state index contributed by atoms with van der Waals surface area (Å²) in [6.07, 6.45) is 0.542. The lowest BCUT2D eigenvalue weighted by Gasteiger charge is -2.10. The Kier molecular flexibility index (Phi) is 3.58. The van der Waals surface area contributed by atoms with Crippen LogP contribution in [0.1, 0.15) is 10.6 Å². The Balaban J connectivity index is 2.20. The molecule has 4 rings (SSSR count). The molecule has 0 N–H and O–H groups in total. The molecule has 0 radical (unpaired) electrons. The number of rotatable bonds is 3. The minimum absolute atomic E-state index is 0.00492. The highest BCUT2D eigenvalue weighted by Crippen LogP contribution is 2.35. The summed E-state index contributed by atoms with van der Waals surface area (Å²) in [6, 6.07) is 14.1. The van der Waals surface area contributed by atoms with Crippen molar-refractivity contribution in [3.8, 4) is 11.4 Å². The van der Waals surface area contributed by atoms with Crippen molar-refractivity contribution in [2.75, 3.05) is 7.11 Å². The maximum atomic E-state index is 13.0. The molecule has 6 heteroatoms. The van der Waals surface area contributed by atoms with Crippen LogP contribution < -0.4 is 10.3 Å². The van der Waals surface area contributed by atoms with Crippen LogP contribution in [0.4, 0.5) is 0 Å². The first-order chi connectivity index (χ1) is 12.2. The van der Waals surface area contributed by atoms with E-state index in [0.29, 0.717) is 33.9 Å². The molecule has 0 saturated carbocycles. The third-order valence-corrected chi connectivity index (χ3v) is 4.50. The molecule has 0 fully saturated rings. The Morgan fingerprint density at radius 1 is 1.08 bits per heavy atom. The number of ether oxygens (including phenoxy) is 1. The van der Waals surface area contributed by atoms with Gasteiger partial charge in [-0.15, -0.1) is 0 Å². The van der Waals surface area contributed by atoms with Crippen molar-refractivity contribution in [1.82, 2.24) is 4.57 Å². The van der Waals surface area contributed by atoms with E-state index in [1.54, 1.807) is 49.6 Å². The fraction of sp³-hybridized carbons (Fsp3) is 0.0526. The highest BCUT2D eigenvalue weighted by atomic mass is 35.5. The fourth-order valence-electron chi connectivity index (χ4n) is 2.95. The standard InChI is InChI=1S/C19H12ClNO4/c1-24-12-8-6-11(7-9-12)21-18(23)14-5-3-2-4-13(14)16-17(20)15(10-22)25-19(16)21/h2-10H,1H3. The Morgan fingerprint density at radius 3 is 2.40 bits per heavy atom. The van der Waals surface area contributed by atoms with Gasteiger partial charge in [0.25, 0.3) is 5.56 Å². The summed E-state index contributed by atoms with van der Waals surface area (Å²) in [5, 5.41) is 1.87. The van der Waals surface area contributed by atoms with E-state index in [2.05, 4.69) is 0 Å². The second-order valence-electron chi connectivity index (χ2n) is 5.46. The van der Waals surface area contributed by atoms with Gasteiger partial charge in [0, 0.05) is 10.8 Å². The maximum Gasteiger partial charge on any atom is 0.265 e. The predicted octanol–water partition coefficient (Wildman–Crippen LogP) is 4.21. The predicted molar refractivity (Wildman–Crippen MR) is 96.3 cm³/mol. The minimum Gasteiger partial charge on any atom is -0.497 e. The topological polar surface area (TPSA) is 61.4 Å². The van der Waals surface area contributed by atoms with Crippen molar-refractivity contribution < 1.29 is 13.9 Å². The quantitative estimate of drug-likeness (QED) is 0.517. The third kappa shape index (κ3) is 2.24. The molecule has 0 saturated heterocycles. The molecule has 5 nitrogen and oxygen atoms in total. The number of benzene rings is 2. The van der Waals surface area contributed by atoms with Crippen LogP contribution in [0.2, 0.25) is 5.02 Å². The highest BCUT2D eigenvalue weighted by molar-refractivity contribution is 6.39. The summed E-state index contributed by atoms with van der Waals surface area (Å²) in [5.41, 5.74) is 0.571. The third-order valence-electron chi connectivity index (χ3n) is 4.13. The first-order valence-corrected chi connectivity index (χ1v) is 7.89. The second-order valence-corrected chi connectivity index (χ2v) is 5.84. The van der Waals surface area contributed by atoms with Gasteiger partial charge in [0.2, 0.25) is 5.71 Å². The zero-order valence-corrected chi connectivity index (χ0v) is 13.9. The van der Waals surface area contributed by atoms with Crippen molar-refractivity contribution in [1.29, 1.82) is 0 Å². The van der Waals surface area contributed by atoms with Crippen LogP contribution in [0, 0.1) is 0 Å². The Hall–Kier alpha value is -3.05. The number of hydrogen-bond donors (Lipinski definition) is 0. The van der Waals surface area contributed by atoms with Crippen molar-refractivity contribution in [3.63, 3.8) is 0 Å². The van der Waals surface area contributed by atoms with Gasteiger partial charge >= 0.3 is 0 Å². The average Bonchev–Trinajstić information content (AvgIpc) is 2.99. The maximum absolute atomic E-state index is 13.0. The SMILES string of the molecule is COc1ccc(-n2c(=O)c3ccccc3c3c(Cl)c(C=O)oc32)cc1. The molecule has 0 unspecified atom stereocenters. The number of nitrogens with zero attached hydrogens (tertiary/aromatic N) is 1. The molecule has 124 valence electrons. The summed E-state index contributed by atoms with van der Waals surface area (Å²) in [5.74, 6) is 0.662. The normalized spacial score (nSPS) is 11.1. The minimum atomic E-state index is -0.254. The molecule has 0 atom stereocenters. The summed E-state index contributed by atoms with van der Waals surface area (Å²) < 4.78 is 12.2. The monoisotopic (exact) mass is 353 g/mol. The van der Waals surface area contributed by atoms with E-state index in [0.717, 1.165) is 0 Å². The molecule has 0 aliphatic rings. The lowest BCUT2D eigenvalue weighted by Crippen LogP contribution is -2.18. The molecule has 2 aromatic heterocycles. The molecule has 2 aromatic carbocycles. The zero-order chi connectivity index (χ0) is 17.6. The number of pyridine rings is 1. The Morgan fingerprint density at radius 2 is 1.76 bits per heavy atom. The van der Waals surface area contributed by atoms with Gasteiger partial charge in [-0.05, 0) is 30.3 Å². The van der Waals surface area contributed by atoms with E-state index >= 15 is 0 Å². The molecule has 2 heterocycles. The van der Waals surface area contributed by atoms with Crippen molar-refractivity contribution in [2.45, 2.75) is 0 Å². The molecule has 0 aliphatic carbocycles. The summed E-state index contributed by atoms with van der Waals surface area (Å²) in [4.78, 5) is 24.3. The van der Waals surface area contributed by atoms with Gasteiger partial charge < -0.3 is 9.15 Å². The summed E-state index contributed by atoms with van der Waals surface area (Å²) >= 11 is 6.34. The van der Waals surface area contributed by atoms with E-state index in [1.165, 1.54) is 4.57 Å². The van der Waals surface area contributed by atoms with Gasteiger partial charge in [0.1, 0.15) is 5.75 Å². The van der Waals surface area contributed by atoms with Crippen molar-refractivity contribution >= 4 is 39.8 Å². The first-order valence-electron chi connectivity index (χ1n) is 7.51. The number of carbonyl (C=O) groups excluding carboxylic acids is 1. The van der Waals surface area contributed by atoms with Gasteiger partial charge in [-0.25, -0.2) is 4.57 Å². The number of hydrogen-bond acceptors (Lipinski definition) is 4. The van der Waals surface area contributed by atoms with E-state index in [-0.39, 0.29) is 22.1 Å². The van der Waals surface area contributed by atoms with Crippen LogP contribution in [0.25, 0.3) is 27.6 Å². The molecular formula is C19H12ClNO4. The van der Waals surface area contributed by atoms with Crippen LogP contribution in [0.5, 0.6) is 5.75 Å². The highest BCUT2D eigenvalue weighted by Gasteiger charge is 2.21. The van der Waals surface area contributed by atoms with Crippen molar-refractivity contribution in [3.05, 3.63) is 69.7 Å². The van der Waals surface area contributed by atoms with Crippen LogP contribution in [-0.2, 0) is 0 Å². The Bertz CT molecular complexity index is 1170. The second kappa shape index (κ2) is 5.79. The van der Waals surface area contributed by atoms with Gasteiger partial charge in [-0.1, -0.05) is 29.8 Å². The van der Waals surface area contributed by atoms with Gasteiger partial charge in [-0.3, -0.25) is 9.59 Å². The van der Waals surface area contributed by atoms with E-state index in [9.17, 15) is 9.59 Å². The number of aromatic nitrogens is 1. The zero-order valence-electron chi connectivity index (χ0n) is 13.2. The molecule has 0 amide bonds. The summed E-state index contributed by atoms with van der Waals surface area (Å²) in [7, 11) is 1.57. The lowest BCUT2D eigenvalue weighted by molar-refractivity contribution is 0.110. The molecule has 0 spiro atoms. The van der Waals surface area contributed by atoms with Crippen LogP contribution >= 0.6 is 11.6 Å². The molecule has 0 aliphatic heterocycles. The number of carbonyl (C=O) groups is 1. The van der Waals surface area contributed by atoms with Crippen LogP contribution in [-0.4, -0.2) is 18.0 Å². The molecule has 4 aromatic rings. The lowest BCUT2D eigenvalue weighted by atomic mass is 10.1. The summed E-state index contributed by atoms with van der Waals surface area (Å²) in [6.45, 7) is 0. The van der Waals surface area contributed by atoms with Crippen molar-refractivity contribution in [2.24, 2.45) is 0 Å². The average molecular weight is 354 g/mol. The van der Waals surface area contributed by atoms with Gasteiger partial charge in [-0.2, -0.15) is 0 Å². The Labute approximate surface area is 147 Å². The van der Waals surface area contributed by atoms with Crippen LogP contribution in [0.3, 0.4) is 0 Å². The molecule has 25 heavy (non-hydrogen) atoms.